The van der Waals surface area contributed by atoms with E-state index < -0.39 is 23.8 Å². The van der Waals surface area contributed by atoms with Gasteiger partial charge in [0, 0.05) is 29.7 Å². The second-order valence-corrected chi connectivity index (χ2v) is 5.47. The second kappa shape index (κ2) is 7.86. The minimum absolute atomic E-state index is 0.252. The van der Waals surface area contributed by atoms with Gasteiger partial charge in [0.1, 0.15) is 5.92 Å². The quantitative estimate of drug-likeness (QED) is 0.776. The summed E-state index contributed by atoms with van der Waals surface area (Å²) < 4.78 is 10.4. The first-order valence-corrected chi connectivity index (χ1v) is 8.00. The van der Waals surface area contributed by atoms with Crippen LogP contribution in [0.2, 0.25) is 0 Å². The van der Waals surface area contributed by atoms with E-state index >= 15 is 0 Å². The molecule has 0 bridgehead atoms. The van der Waals surface area contributed by atoms with Crippen molar-refractivity contribution in [3.05, 3.63) is 41.4 Å². The summed E-state index contributed by atoms with van der Waals surface area (Å²) in [4.78, 5) is 33.6. The van der Waals surface area contributed by atoms with Gasteiger partial charge in [0.25, 0.3) is 0 Å². The zero-order valence-corrected chi connectivity index (χ0v) is 14.4. The molecule has 0 radical (unpaired) electrons. The van der Waals surface area contributed by atoms with E-state index in [9.17, 15) is 9.59 Å². The Kier molecular flexibility index (Phi) is 5.84. The van der Waals surface area contributed by atoms with Gasteiger partial charge in [-0.2, -0.15) is 0 Å². The molecule has 0 saturated heterocycles. The molecule has 2 unspecified atom stereocenters. The van der Waals surface area contributed by atoms with Crippen molar-refractivity contribution in [2.45, 2.75) is 33.6 Å². The van der Waals surface area contributed by atoms with Gasteiger partial charge in [-0.3, -0.25) is 14.8 Å². The number of pyridine rings is 1. The average molecular weight is 330 g/mol. The van der Waals surface area contributed by atoms with E-state index in [0.29, 0.717) is 17.0 Å². The Morgan fingerprint density at radius 1 is 1.17 bits per heavy atom. The molecule has 0 N–H and O–H groups in total. The van der Waals surface area contributed by atoms with Gasteiger partial charge in [0.05, 0.1) is 18.8 Å². The summed E-state index contributed by atoms with van der Waals surface area (Å²) in [6.07, 6.45) is 3.30. The van der Waals surface area contributed by atoms with E-state index in [-0.39, 0.29) is 13.2 Å². The number of ether oxygens (including phenoxy) is 2. The van der Waals surface area contributed by atoms with Crippen molar-refractivity contribution < 1.29 is 19.1 Å². The Bertz CT molecular complexity index is 680. The molecule has 1 aromatic rings. The highest BCUT2D eigenvalue weighted by atomic mass is 16.5. The van der Waals surface area contributed by atoms with Crippen LogP contribution in [0.4, 0.5) is 0 Å². The van der Waals surface area contributed by atoms with Crippen LogP contribution in [0, 0.1) is 5.92 Å². The molecular formula is C18H22N2O4. The van der Waals surface area contributed by atoms with Crippen molar-refractivity contribution in [2.24, 2.45) is 10.9 Å². The van der Waals surface area contributed by atoms with Crippen LogP contribution in [-0.2, 0) is 19.1 Å². The average Bonchev–Trinajstić information content (AvgIpc) is 2.55. The molecule has 1 aromatic heterocycles. The molecule has 6 nitrogen and oxygen atoms in total. The third-order valence-electron chi connectivity index (χ3n) is 3.91. The van der Waals surface area contributed by atoms with Gasteiger partial charge in [-0.15, -0.1) is 0 Å². The number of rotatable bonds is 5. The lowest BCUT2D eigenvalue weighted by atomic mass is 9.76. The first-order chi connectivity index (χ1) is 11.5. The van der Waals surface area contributed by atoms with Crippen molar-refractivity contribution in [2.75, 3.05) is 13.2 Å². The molecule has 0 amide bonds. The second-order valence-electron chi connectivity index (χ2n) is 5.47. The van der Waals surface area contributed by atoms with Crippen molar-refractivity contribution in [1.29, 1.82) is 0 Å². The van der Waals surface area contributed by atoms with Crippen molar-refractivity contribution in [1.82, 2.24) is 4.98 Å². The van der Waals surface area contributed by atoms with Gasteiger partial charge >= 0.3 is 11.9 Å². The Balaban J connectivity index is 2.58. The molecule has 0 saturated carbocycles. The molecular weight excluding hydrogens is 308 g/mol. The van der Waals surface area contributed by atoms with Crippen molar-refractivity contribution in [3.63, 3.8) is 0 Å². The summed E-state index contributed by atoms with van der Waals surface area (Å²) in [7, 11) is 0. The van der Waals surface area contributed by atoms with Gasteiger partial charge in [-0.05, 0) is 39.3 Å². The molecule has 128 valence electrons. The van der Waals surface area contributed by atoms with E-state index in [1.807, 2.05) is 6.07 Å². The van der Waals surface area contributed by atoms with Crippen LogP contribution in [0.25, 0.3) is 0 Å². The number of hydrogen-bond acceptors (Lipinski definition) is 6. The van der Waals surface area contributed by atoms with E-state index in [1.165, 1.54) is 0 Å². The predicted molar refractivity (Wildman–Crippen MR) is 89.5 cm³/mol. The van der Waals surface area contributed by atoms with Crippen LogP contribution in [0.5, 0.6) is 0 Å². The van der Waals surface area contributed by atoms with E-state index in [2.05, 4.69) is 9.98 Å². The van der Waals surface area contributed by atoms with Crippen LogP contribution < -0.4 is 0 Å². The number of carbonyl (C=O) groups is 2. The normalized spacial score (nSPS) is 20.4. The first kappa shape index (κ1) is 17.8. The minimum Gasteiger partial charge on any atom is -0.465 e. The van der Waals surface area contributed by atoms with Crippen molar-refractivity contribution in [3.8, 4) is 0 Å². The maximum atomic E-state index is 12.5. The largest absolute Gasteiger partial charge is 0.465 e. The molecule has 24 heavy (non-hydrogen) atoms. The van der Waals surface area contributed by atoms with Crippen LogP contribution in [0.15, 0.2) is 40.8 Å². The zero-order chi connectivity index (χ0) is 17.7. The van der Waals surface area contributed by atoms with Crippen LogP contribution >= 0.6 is 0 Å². The molecule has 0 fully saturated rings. The highest BCUT2D eigenvalue weighted by Crippen LogP contribution is 2.39. The highest BCUT2D eigenvalue weighted by Gasteiger charge is 2.42. The number of aliphatic imine (C=N–C) groups is 1. The molecule has 1 aliphatic rings. The SMILES string of the molecule is CCOC(=O)C1=C(C)N=C(C)C(C(=O)OCC)C1c1cccnc1. The first-order valence-electron chi connectivity index (χ1n) is 8.00. The molecule has 6 heteroatoms. The lowest BCUT2D eigenvalue weighted by Crippen LogP contribution is -2.36. The van der Waals surface area contributed by atoms with Gasteiger partial charge < -0.3 is 9.47 Å². The highest BCUT2D eigenvalue weighted by molar-refractivity contribution is 6.06. The third kappa shape index (κ3) is 3.53. The van der Waals surface area contributed by atoms with Crippen molar-refractivity contribution >= 4 is 17.7 Å². The van der Waals surface area contributed by atoms with Crippen LogP contribution in [-0.4, -0.2) is 35.8 Å². The topological polar surface area (TPSA) is 77.8 Å². The number of hydrogen-bond donors (Lipinski definition) is 0. The fourth-order valence-corrected chi connectivity index (χ4v) is 2.97. The number of nitrogens with zero attached hydrogens (tertiary/aromatic N) is 2. The molecule has 0 aromatic carbocycles. The molecule has 0 spiro atoms. The molecule has 0 aliphatic carbocycles. The molecule has 2 rings (SSSR count). The monoisotopic (exact) mass is 330 g/mol. The van der Waals surface area contributed by atoms with E-state index in [0.717, 1.165) is 5.56 Å². The van der Waals surface area contributed by atoms with E-state index in [4.69, 9.17) is 9.47 Å². The summed E-state index contributed by atoms with van der Waals surface area (Å²) in [5.74, 6) is -2.05. The number of aromatic nitrogens is 1. The summed E-state index contributed by atoms with van der Waals surface area (Å²) in [6, 6.07) is 3.62. The van der Waals surface area contributed by atoms with Crippen LogP contribution in [0.3, 0.4) is 0 Å². The van der Waals surface area contributed by atoms with E-state index in [1.54, 1.807) is 46.2 Å². The Morgan fingerprint density at radius 2 is 1.88 bits per heavy atom. The number of carbonyl (C=O) groups excluding carboxylic acids is 2. The number of esters is 2. The number of allylic oxidation sites excluding steroid dienone is 1. The lowest BCUT2D eigenvalue weighted by molar-refractivity contribution is -0.146. The lowest BCUT2D eigenvalue weighted by Gasteiger charge is -2.31. The Morgan fingerprint density at radius 3 is 2.46 bits per heavy atom. The molecule has 2 heterocycles. The van der Waals surface area contributed by atoms with Crippen LogP contribution in [0.1, 0.15) is 39.2 Å². The van der Waals surface area contributed by atoms with Gasteiger partial charge in [-0.25, -0.2) is 4.79 Å². The summed E-state index contributed by atoms with van der Waals surface area (Å²) in [5.41, 5.74) is 2.31. The summed E-state index contributed by atoms with van der Waals surface area (Å²) in [5, 5.41) is 0. The Labute approximate surface area is 141 Å². The standard InChI is InChI=1S/C18H22N2O4/c1-5-23-17(21)14-11(3)20-12(4)15(18(22)24-6-2)16(14)13-8-7-9-19-10-13/h7-10,14,16H,5-6H2,1-4H3. The maximum Gasteiger partial charge on any atom is 0.336 e. The Hall–Kier alpha value is -2.50. The summed E-state index contributed by atoms with van der Waals surface area (Å²) in [6.45, 7) is 7.53. The fraction of sp³-hybridized carbons (Fsp3) is 0.444. The molecule has 2 atom stereocenters. The summed E-state index contributed by atoms with van der Waals surface area (Å²) >= 11 is 0. The van der Waals surface area contributed by atoms with Gasteiger partial charge in [0.15, 0.2) is 0 Å². The third-order valence-corrected chi connectivity index (χ3v) is 3.91. The van der Waals surface area contributed by atoms with Gasteiger partial charge in [0.2, 0.25) is 0 Å². The zero-order valence-electron chi connectivity index (χ0n) is 14.4. The molecule has 1 aliphatic heterocycles. The minimum atomic E-state index is -0.669. The fourth-order valence-electron chi connectivity index (χ4n) is 2.97. The van der Waals surface area contributed by atoms with Gasteiger partial charge in [-0.1, -0.05) is 6.07 Å². The predicted octanol–water partition coefficient (Wildman–Crippen LogP) is 2.66. The maximum absolute atomic E-state index is 12.5. The smallest absolute Gasteiger partial charge is 0.336 e.